The van der Waals surface area contributed by atoms with E-state index in [4.69, 9.17) is 10.8 Å². The summed E-state index contributed by atoms with van der Waals surface area (Å²) in [6.07, 6.45) is 0.153. The molecule has 0 aliphatic heterocycles. The van der Waals surface area contributed by atoms with Gasteiger partial charge in [0.15, 0.2) is 0 Å². The van der Waals surface area contributed by atoms with Gasteiger partial charge in [0.25, 0.3) is 0 Å². The predicted octanol–water partition coefficient (Wildman–Crippen LogP) is -1.76. The van der Waals surface area contributed by atoms with Gasteiger partial charge in [-0.2, -0.15) is 12.6 Å². The highest BCUT2D eigenvalue weighted by molar-refractivity contribution is 7.80. The second-order valence-electron chi connectivity index (χ2n) is 5.30. The Kier molecular flexibility index (Phi) is 8.19. The molecule has 3 unspecified atom stereocenters. The molecular weight excluding hydrogens is 350 g/mol. The van der Waals surface area contributed by atoms with Crippen LogP contribution in [0.5, 0.6) is 5.75 Å². The number of carbonyl (C=O) groups is 3. The Morgan fingerprint density at radius 1 is 1.08 bits per heavy atom. The topological polar surface area (TPSA) is 162 Å². The molecule has 0 aliphatic carbocycles. The summed E-state index contributed by atoms with van der Waals surface area (Å²) in [5, 5.41) is 31.8. The minimum atomic E-state index is -1.33. The second-order valence-corrected chi connectivity index (χ2v) is 5.67. The van der Waals surface area contributed by atoms with Gasteiger partial charge in [-0.15, -0.1) is 0 Å². The quantitative estimate of drug-likeness (QED) is 0.253. The number of hydrogen-bond acceptors (Lipinski definition) is 7. The van der Waals surface area contributed by atoms with Crippen LogP contribution >= 0.6 is 12.6 Å². The van der Waals surface area contributed by atoms with Crippen molar-refractivity contribution in [1.82, 2.24) is 10.6 Å². The summed E-state index contributed by atoms with van der Waals surface area (Å²) in [6, 6.07) is 2.53. The number of rotatable bonds is 9. The summed E-state index contributed by atoms with van der Waals surface area (Å²) in [6.45, 7) is -0.720. The number of thiol groups is 1. The van der Waals surface area contributed by atoms with Crippen LogP contribution in [0.1, 0.15) is 5.56 Å². The first-order valence-electron chi connectivity index (χ1n) is 7.37. The highest BCUT2D eigenvalue weighted by Gasteiger charge is 2.26. The lowest BCUT2D eigenvalue weighted by Gasteiger charge is -2.21. The molecule has 1 aromatic carbocycles. The van der Waals surface area contributed by atoms with Crippen molar-refractivity contribution in [2.24, 2.45) is 5.73 Å². The van der Waals surface area contributed by atoms with E-state index in [9.17, 15) is 24.6 Å². The van der Waals surface area contributed by atoms with Crippen LogP contribution in [0, 0.1) is 0 Å². The molecule has 0 spiro atoms. The van der Waals surface area contributed by atoms with Crippen LogP contribution in [0.25, 0.3) is 0 Å². The van der Waals surface area contributed by atoms with Crippen LogP contribution in [-0.2, 0) is 20.8 Å². The molecule has 0 saturated carbocycles. The summed E-state index contributed by atoms with van der Waals surface area (Å²) in [5.41, 5.74) is 6.47. The van der Waals surface area contributed by atoms with Crippen molar-refractivity contribution >= 4 is 30.4 Å². The highest BCUT2D eigenvalue weighted by Crippen LogP contribution is 2.10. The molecule has 25 heavy (non-hydrogen) atoms. The zero-order chi connectivity index (χ0) is 19.0. The van der Waals surface area contributed by atoms with E-state index in [0.29, 0.717) is 5.56 Å². The van der Waals surface area contributed by atoms with Gasteiger partial charge in [0.05, 0.1) is 12.6 Å². The molecule has 0 fully saturated rings. The number of aliphatic carboxylic acids is 1. The van der Waals surface area contributed by atoms with Crippen LogP contribution in [0.3, 0.4) is 0 Å². The van der Waals surface area contributed by atoms with E-state index in [-0.39, 0.29) is 17.9 Å². The lowest BCUT2D eigenvalue weighted by Crippen LogP contribution is -2.56. The molecule has 9 nitrogen and oxygen atoms in total. The molecule has 0 radical (unpaired) electrons. The molecule has 0 aliphatic rings. The number of hydrogen-bond donors (Lipinski definition) is 7. The molecule has 2 amide bonds. The number of amides is 2. The Morgan fingerprint density at radius 3 is 2.12 bits per heavy atom. The lowest BCUT2D eigenvalue weighted by molar-refractivity contribution is -0.141. The van der Waals surface area contributed by atoms with E-state index >= 15 is 0 Å². The molecule has 0 aromatic heterocycles. The van der Waals surface area contributed by atoms with Gasteiger partial charge in [-0.1, -0.05) is 12.1 Å². The molecule has 0 saturated heterocycles. The molecular formula is C15H21N3O6S. The van der Waals surface area contributed by atoms with Crippen LogP contribution in [-0.4, -0.2) is 63.6 Å². The molecule has 10 heteroatoms. The van der Waals surface area contributed by atoms with Gasteiger partial charge in [-0.25, -0.2) is 4.79 Å². The maximum Gasteiger partial charge on any atom is 0.327 e. The van der Waals surface area contributed by atoms with Crippen molar-refractivity contribution < 1.29 is 29.7 Å². The van der Waals surface area contributed by atoms with Crippen LogP contribution < -0.4 is 16.4 Å². The first-order valence-corrected chi connectivity index (χ1v) is 8.00. The van der Waals surface area contributed by atoms with Crippen LogP contribution in [0.15, 0.2) is 24.3 Å². The van der Waals surface area contributed by atoms with E-state index in [1.54, 1.807) is 12.1 Å². The number of phenols is 1. The molecule has 138 valence electrons. The maximum absolute atomic E-state index is 12.1. The van der Waals surface area contributed by atoms with Crippen molar-refractivity contribution in [2.45, 2.75) is 24.5 Å². The lowest BCUT2D eigenvalue weighted by atomic mass is 10.1. The Bertz CT molecular complexity index is 610. The van der Waals surface area contributed by atoms with Crippen molar-refractivity contribution in [3.63, 3.8) is 0 Å². The van der Waals surface area contributed by atoms with E-state index in [1.807, 2.05) is 0 Å². The second kappa shape index (κ2) is 9.87. The summed E-state index contributed by atoms with van der Waals surface area (Å²) in [5.74, 6) is -2.88. The number of nitrogens with one attached hydrogen (secondary N) is 2. The summed E-state index contributed by atoms with van der Waals surface area (Å²) in [7, 11) is 0. The minimum absolute atomic E-state index is 0.0796. The average molecular weight is 371 g/mol. The van der Waals surface area contributed by atoms with Gasteiger partial charge in [0, 0.05) is 5.75 Å². The first kappa shape index (κ1) is 20.7. The Morgan fingerprint density at radius 2 is 1.64 bits per heavy atom. The monoisotopic (exact) mass is 371 g/mol. The standard InChI is InChI=1S/C15H21N3O6S/c16-10(5-8-1-3-9(20)4-2-8)13(21)17-11(6-19)14(22)18-12(7-25)15(23)24/h1-4,10-12,19-20,25H,5-7,16H2,(H,17,21)(H,18,22)(H,23,24). The summed E-state index contributed by atoms with van der Waals surface area (Å²) < 4.78 is 0. The predicted molar refractivity (Wildman–Crippen MR) is 92.2 cm³/mol. The van der Waals surface area contributed by atoms with E-state index in [0.717, 1.165) is 0 Å². The molecule has 1 rings (SSSR count). The van der Waals surface area contributed by atoms with Gasteiger partial charge in [0.1, 0.15) is 17.8 Å². The minimum Gasteiger partial charge on any atom is -0.508 e. The van der Waals surface area contributed by atoms with Crippen LogP contribution in [0.4, 0.5) is 0 Å². The van der Waals surface area contributed by atoms with Crippen molar-refractivity contribution in [2.75, 3.05) is 12.4 Å². The molecule has 3 atom stereocenters. The van der Waals surface area contributed by atoms with Crippen molar-refractivity contribution in [3.05, 3.63) is 29.8 Å². The van der Waals surface area contributed by atoms with Gasteiger partial charge in [-0.3, -0.25) is 9.59 Å². The van der Waals surface area contributed by atoms with Crippen molar-refractivity contribution in [1.29, 1.82) is 0 Å². The Balaban J connectivity index is 2.63. The van der Waals surface area contributed by atoms with E-state index in [2.05, 4.69) is 23.3 Å². The van der Waals surface area contributed by atoms with E-state index in [1.165, 1.54) is 12.1 Å². The third-order valence-corrected chi connectivity index (χ3v) is 3.71. The normalized spacial score (nSPS) is 14.2. The molecule has 7 N–H and O–H groups in total. The van der Waals surface area contributed by atoms with Gasteiger partial charge < -0.3 is 31.7 Å². The average Bonchev–Trinajstić information content (AvgIpc) is 2.58. The maximum atomic E-state index is 12.1. The molecule has 1 aromatic rings. The van der Waals surface area contributed by atoms with Gasteiger partial charge >= 0.3 is 5.97 Å². The fourth-order valence-electron chi connectivity index (χ4n) is 1.91. The largest absolute Gasteiger partial charge is 0.508 e. The summed E-state index contributed by atoms with van der Waals surface area (Å²) in [4.78, 5) is 34.9. The van der Waals surface area contributed by atoms with Gasteiger partial charge in [0.2, 0.25) is 11.8 Å². The van der Waals surface area contributed by atoms with E-state index < -0.39 is 42.5 Å². The van der Waals surface area contributed by atoms with Crippen molar-refractivity contribution in [3.8, 4) is 5.75 Å². The number of nitrogens with two attached hydrogens (primary N) is 1. The van der Waals surface area contributed by atoms with Crippen LogP contribution in [0.2, 0.25) is 0 Å². The Hall–Kier alpha value is -2.30. The number of carbonyl (C=O) groups excluding carboxylic acids is 2. The molecule has 0 heterocycles. The zero-order valence-electron chi connectivity index (χ0n) is 13.3. The molecule has 0 bridgehead atoms. The number of phenolic OH excluding ortho intramolecular Hbond substituents is 1. The number of carboxylic acids is 1. The van der Waals surface area contributed by atoms with Gasteiger partial charge in [-0.05, 0) is 24.1 Å². The Labute approximate surface area is 149 Å². The first-order chi connectivity index (χ1) is 11.8. The number of benzene rings is 1. The fraction of sp³-hybridized carbons (Fsp3) is 0.400. The number of aromatic hydroxyl groups is 1. The third-order valence-electron chi connectivity index (χ3n) is 3.34. The number of aliphatic hydroxyl groups excluding tert-OH is 1. The highest BCUT2D eigenvalue weighted by atomic mass is 32.1. The zero-order valence-corrected chi connectivity index (χ0v) is 14.1. The number of aliphatic hydroxyl groups is 1. The SMILES string of the molecule is NC(Cc1ccc(O)cc1)C(=O)NC(CO)C(=O)NC(CS)C(=O)O. The summed E-state index contributed by atoms with van der Waals surface area (Å²) >= 11 is 3.81. The smallest absolute Gasteiger partial charge is 0.327 e. The number of carboxylic acid groups (broad SMARTS) is 1. The third kappa shape index (κ3) is 6.61. The fourth-order valence-corrected chi connectivity index (χ4v) is 2.16.